The highest BCUT2D eigenvalue weighted by Crippen LogP contribution is 2.45. The van der Waals surface area contributed by atoms with Gasteiger partial charge >= 0.3 is 0 Å². The lowest BCUT2D eigenvalue weighted by Crippen LogP contribution is -2.29. The fourth-order valence-electron chi connectivity index (χ4n) is 4.31. The molecule has 1 aliphatic heterocycles. The number of aliphatic hydroxyl groups excluding tert-OH is 1. The predicted molar refractivity (Wildman–Crippen MR) is 137 cm³/mol. The third kappa shape index (κ3) is 4.03. The molecule has 4 rings (SSSR count). The van der Waals surface area contributed by atoms with Crippen molar-refractivity contribution >= 4 is 34.5 Å². The van der Waals surface area contributed by atoms with E-state index in [1.807, 2.05) is 55.6 Å². The van der Waals surface area contributed by atoms with E-state index in [1.165, 1.54) is 16.2 Å². The van der Waals surface area contributed by atoms with E-state index in [1.54, 1.807) is 19.2 Å². The van der Waals surface area contributed by atoms with Crippen molar-refractivity contribution in [1.82, 2.24) is 0 Å². The zero-order chi connectivity index (χ0) is 24.8. The number of Topliss-reactive ketones (excluding diaryl/α,β-unsaturated/α-hetero) is 1. The topological polar surface area (TPSA) is 66.8 Å². The first-order valence-electron chi connectivity index (χ1n) is 11.1. The van der Waals surface area contributed by atoms with Gasteiger partial charge in [0, 0.05) is 21.7 Å². The highest BCUT2D eigenvalue weighted by Gasteiger charge is 2.48. The molecule has 1 N–H and O–H groups in total. The van der Waals surface area contributed by atoms with Crippen LogP contribution in [0.1, 0.15) is 53.9 Å². The summed E-state index contributed by atoms with van der Waals surface area (Å²) >= 11 is 1.47. The van der Waals surface area contributed by atoms with Crippen LogP contribution in [0.2, 0.25) is 0 Å². The second-order valence-electron chi connectivity index (χ2n) is 9.64. The molecule has 0 saturated carbocycles. The number of thiophene rings is 1. The van der Waals surface area contributed by atoms with E-state index in [2.05, 4.69) is 20.8 Å². The van der Waals surface area contributed by atoms with E-state index in [0.717, 1.165) is 21.6 Å². The molecule has 1 unspecified atom stereocenters. The second-order valence-corrected chi connectivity index (χ2v) is 10.6. The lowest BCUT2D eigenvalue weighted by Gasteiger charge is -2.25. The first-order valence-corrected chi connectivity index (χ1v) is 12.0. The third-order valence-electron chi connectivity index (χ3n) is 6.19. The minimum atomic E-state index is -0.706. The molecule has 1 aromatic heterocycles. The van der Waals surface area contributed by atoms with Crippen LogP contribution in [0.15, 0.2) is 59.5 Å². The number of anilines is 1. The number of amides is 1. The number of carbonyl (C=O) groups is 2. The number of aliphatic hydroxyl groups is 1. The summed E-state index contributed by atoms with van der Waals surface area (Å²) in [7, 11) is 1.61. The normalized spacial score (nSPS) is 17.9. The Bertz CT molecular complexity index is 1290. The molecular weight excluding hydrogens is 446 g/mol. The van der Waals surface area contributed by atoms with Gasteiger partial charge < -0.3 is 9.84 Å². The lowest BCUT2D eigenvalue weighted by atomic mass is 9.84. The molecule has 176 valence electrons. The smallest absolute Gasteiger partial charge is 0.300 e. The van der Waals surface area contributed by atoms with E-state index in [9.17, 15) is 14.7 Å². The third-order valence-corrected chi connectivity index (χ3v) is 7.26. The van der Waals surface area contributed by atoms with Gasteiger partial charge in [0.15, 0.2) is 0 Å². The second kappa shape index (κ2) is 8.76. The van der Waals surface area contributed by atoms with Crippen molar-refractivity contribution in [1.29, 1.82) is 0 Å². The summed E-state index contributed by atoms with van der Waals surface area (Å²) in [6, 6.07) is 14.1. The Morgan fingerprint density at radius 2 is 1.71 bits per heavy atom. The van der Waals surface area contributed by atoms with Crippen LogP contribution in [0.5, 0.6) is 5.75 Å². The molecule has 0 bridgehead atoms. The zero-order valence-electron chi connectivity index (χ0n) is 20.3. The van der Waals surface area contributed by atoms with Gasteiger partial charge in [-0.3, -0.25) is 14.5 Å². The largest absolute Gasteiger partial charge is 0.507 e. The molecule has 1 saturated heterocycles. The lowest BCUT2D eigenvalue weighted by molar-refractivity contribution is -0.132. The van der Waals surface area contributed by atoms with Crippen LogP contribution < -0.4 is 9.64 Å². The molecule has 1 atom stereocenters. The van der Waals surface area contributed by atoms with Gasteiger partial charge in [-0.05, 0) is 66.6 Å². The maximum atomic E-state index is 13.4. The minimum Gasteiger partial charge on any atom is -0.507 e. The number of carbonyl (C=O) groups excluding carboxylic acids is 2. The molecule has 2 heterocycles. The van der Waals surface area contributed by atoms with E-state index < -0.39 is 17.7 Å². The molecule has 0 aliphatic carbocycles. The number of hydrogen-bond donors (Lipinski definition) is 1. The van der Waals surface area contributed by atoms with Gasteiger partial charge in [-0.15, -0.1) is 11.3 Å². The Kier molecular flexibility index (Phi) is 6.13. The molecule has 0 radical (unpaired) electrons. The Hall–Kier alpha value is -3.38. The average molecular weight is 476 g/mol. The van der Waals surface area contributed by atoms with Gasteiger partial charge in [0.2, 0.25) is 0 Å². The average Bonchev–Trinajstić information content (AvgIpc) is 3.33. The van der Waals surface area contributed by atoms with Crippen LogP contribution in [0, 0.1) is 13.8 Å². The van der Waals surface area contributed by atoms with Gasteiger partial charge in [0.25, 0.3) is 11.7 Å². The molecule has 1 amide bonds. The van der Waals surface area contributed by atoms with Crippen LogP contribution in [0.25, 0.3) is 5.76 Å². The molecule has 0 spiro atoms. The monoisotopic (exact) mass is 475 g/mol. The molecule has 5 nitrogen and oxygen atoms in total. The Morgan fingerprint density at radius 1 is 1.03 bits per heavy atom. The van der Waals surface area contributed by atoms with E-state index in [4.69, 9.17) is 4.74 Å². The molecule has 3 aromatic rings. The van der Waals surface area contributed by atoms with Crippen molar-refractivity contribution in [2.75, 3.05) is 12.0 Å². The van der Waals surface area contributed by atoms with Gasteiger partial charge in [-0.1, -0.05) is 38.5 Å². The summed E-state index contributed by atoms with van der Waals surface area (Å²) in [6.45, 7) is 10.1. The number of methoxy groups -OCH3 is 1. The predicted octanol–water partition coefficient (Wildman–Crippen LogP) is 6.30. The first kappa shape index (κ1) is 23.8. The van der Waals surface area contributed by atoms with Crippen molar-refractivity contribution < 1.29 is 19.4 Å². The Balaban J connectivity index is 1.95. The summed E-state index contributed by atoms with van der Waals surface area (Å²) in [4.78, 5) is 29.0. The summed E-state index contributed by atoms with van der Waals surface area (Å²) in [6.07, 6.45) is 0. The van der Waals surface area contributed by atoms with Gasteiger partial charge in [-0.25, -0.2) is 0 Å². The first-order chi connectivity index (χ1) is 16.0. The van der Waals surface area contributed by atoms with Crippen LogP contribution >= 0.6 is 11.3 Å². The molecular formula is C28H29NO4S. The Morgan fingerprint density at radius 3 is 2.26 bits per heavy atom. The standard InChI is InChI=1S/C28H29NO4S/c1-16-7-10-19(11-8-16)29-23(26-17(2)13-14-34-26)22(25(31)27(29)32)24(30)18-9-12-21(33-6)20(15-18)28(3,4)5/h7-15,23,30H,1-6H3/b24-22-. The minimum absolute atomic E-state index is 0.0983. The van der Waals surface area contributed by atoms with Crippen molar-refractivity contribution in [3.05, 3.63) is 86.6 Å². The van der Waals surface area contributed by atoms with Gasteiger partial charge in [0.1, 0.15) is 17.6 Å². The number of nitrogens with zero attached hydrogens (tertiary/aromatic N) is 1. The van der Waals surface area contributed by atoms with E-state index in [0.29, 0.717) is 17.0 Å². The Labute approximate surface area is 204 Å². The number of benzene rings is 2. The molecule has 1 aliphatic rings. The number of hydrogen-bond acceptors (Lipinski definition) is 5. The SMILES string of the molecule is COc1ccc(/C(O)=C2/C(=O)C(=O)N(c3ccc(C)cc3)C2c2sccc2C)cc1C(C)(C)C. The zero-order valence-corrected chi connectivity index (χ0v) is 21.1. The summed E-state index contributed by atoms with van der Waals surface area (Å²) in [5.74, 6) is -0.814. The number of ether oxygens (including phenoxy) is 1. The van der Waals surface area contributed by atoms with E-state index in [-0.39, 0.29) is 16.7 Å². The van der Waals surface area contributed by atoms with Crippen LogP contribution in [0.4, 0.5) is 5.69 Å². The highest BCUT2D eigenvalue weighted by molar-refractivity contribution is 7.10. The maximum absolute atomic E-state index is 13.4. The highest BCUT2D eigenvalue weighted by atomic mass is 32.1. The molecule has 2 aromatic carbocycles. The maximum Gasteiger partial charge on any atom is 0.300 e. The number of aryl methyl sites for hydroxylation is 2. The summed E-state index contributed by atoms with van der Waals surface area (Å²) < 4.78 is 5.53. The summed E-state index contributed by atoms with van der Waals surface area (Å²) in [5.41, 5.74) is 3.86. The van der Waals surface area contributed by atoms with Crippen molar-refractivity contribution in [3.8, 4) is 5.75 Å². The molecule has 34 heavy (non-hydrogen) atoms. The number of ketones is 1. The van der Waals surface area contributed by atoms with Gasteiger partial charge in [-0.2, -0.15) is 0 Å². The van der Waals surface area contributed by atoms with E-state index >= 15 is 0 Å². The fourth-order valence-corrected chi connectivity index (χ4v) is 5.34. The van der Waals surface area contributed by atoms with Crippen LogP contribution in [-0.2, 0) is 15.0 Å². The van der Waals surface area contributed by atoms with Crippen LogP contribution in [0.3, 0.4) is 0 Å². The fraction of sp³-hybridized carbons (Fsp3) is 0.286. The van der Waals surface area contributed by atoms with Crippen molar-refractivity contribution in [2.45, 2.75) is 46.1 Å². The quantitative estimate of drug-likeness (QED) is 0.273. The van der Waals surface area contributed by atoms with Gasteiger partial charge in [0.05, 0.1) is 12.7 Å². The number of rotatable bonds is 4. The molecule has 6 heteroatoms. The summed E-state index contributed by atoms with van der Waals surface area (Å²) in [5, 5.41) is 13.4. The van der Waals surface area contributed by atoms with Crippen molar-refractivity contribution in [3.63, 3.8) is 0 Å². The van der Waals surface area contributed by atoms with Crippen molar-refractivity contribution in [2.24, 2.45) is 0 Å². The molecule has 1 fully saturated rings. The van der Waals surface area contributed by atoms with Crippen LogP contribution in [-0.4, -0.2) is 23.9 Å².